The standard InChI is InChI=1S/C23H23F2N7OS/c1-11-22(3,32-21(27)34-23(11,4)12(2)33)15-6-14(7-16(24)18(15)25)31-20-19-17(29-10-30-20)5-13(8-26)9-28-19/h5-7,9-12,33H,1-4H3,(H2,27,32)(H,29,30,31)/t11?,12-,22-,23-/m0/s1. The number of hydrogen-bond donors (Lipinski definition) is 3. The number of pyridine rings is 1. The second-order valence-electron chi connectivity index (χ2n) is 8.65. The predicted molar refractivity (Wildman–Crippen MR) is 128 cm³/mol. The van der Waals surface area contributed by atoms with Gasteiger partial charge in [-0.05, 0) is 32.9 Å². The van der Waals surface area contributed by atoms with Crippen molar-refractivity contribution in [3.63, 3.8) is 0 Å². The van der Waals surface area contributed by atoms with Gasteiger partial charge in [-0.15, -0.1) is 0 Å². The number of aliphatic hydroxyl groups excluding tert-OH is 1. The summed E-state index contributed by atoms with van der Waals surface area (Å²) in [6, 6.07) is 6.03. The lowest BCUT2D eigenvalue weighted by Crippen LogP contribution is -2.53. The Morgan fingerprint density at radius 2 is 1.97 bits per heavy atom. The second kappa shape index (κ2) is 8.45. The van der Waals surface area contributed by atoms with Crippen LogP contribution < -0.4 is 11.1 Å². The van der Waals surface area contributed by atoms with Crippen LogP contribution in [0.1, 0.15) is 38.8 Å². The normalized spacial score (nSPS) is 25.5. The van der Waals surface area contributed by atoms with E-state index < -0.39 is 33.9 Å². The van der Waals surface area contributed by atoms with Gasteiger partial charge in [0.1, 0.15) is 17.9 Å². The summed E-state index contributed by atoms with van der Waals surface area (Å²) in [5.74, 6) is -2.26. The molecule has 1 aromatic carbocycles. The Balaban J connectivity index is 1.82. The van der Waals surface area contributed by atoms with E-state index in [1.807, 2.05) is 19.9 Å². The van der Waals surface area contributed by atoms with E-state index in [0.717, 1.165) is 6.07 Å². The molecule has 3 aromatic rings. The third-order valence-electron chi connectivity index (χ3n) is 6.64. The fraction of sp³-hybridized carbons (Fsp3) is 0.348. The van der Waals surface area contributed by atoms with E-state index in [4.69, 9.17) is 11.0 Å². The summed E-state index contributed by atoms with van der Waals surface area (Å²) in [4.78, 5) is 17.0. The predicted octanol–water partition coefficient (Wildman–Crippen LogP) is 3.97. The molecule has 2 aromatic heterocycles. The van der Waals surface area contributed by atoms with E-state index in [1.54, 1.807) is 19.9 Å². The maximum absolute atomic E-state index is 15.2. The number of hydrogen-bond acceptors (Lipinski definition) is 9. The third kappa shape index (κ3) is 3.82. The van der Waals surface area contributed by atoms with Crippen LogP contribution in [0.2, 0.25) is 0 Å². The first kappa shape index (κ1) is 23.8. The number of nitrogens with one attached hydrogen (secondary N) is 1. The molecule has 1 aliphatic heterocycles. The van der Waals surface area contributed by atoms with Crippen LogP contribution >= 0.6 is 11.8 Å². The molecule has 0 radical (unpaired) electrons. The summed E-state index contributed by atoms with van der Waals surface area (Å²) in [6.07, 6.45) is 1.88. The number of aliphatic hydroxyl groups is 1. The van der Waals surface area contributed by atoms with Gasteiger partial charge in [-0.25, -0.2) is 23.7 Å². The van der Waals surface area contributed by atoms with E-state index in [0.29, 0.717) is 16.6 Å². The van der Waals surface area contributed by atoms with Crippen LogP contribution in [0, 0.1) is 28.9 Å². The lowest BCUT2D eigenvalue weighted by Gasteiger charge is -2.48. The van der Waals surface area contributed by atoms with Gasteiger partial charge in [0.2, 0.25) is 0 Å². The number of rotatable bonds is 4. The van der Waals surface area contributed by atoms with E-state index >= 15 is 4.39 Å². The number of anilines is 2. The number of nitriles is 1. The SMILES string of the molecule is CC1[C@@](C)([C@H](C)O)SC(N)=N[C@]1(C)c1cc(Nc2ncnc3cc(C#N)cnc23)cc(F)c1F. The van der Waals surface area contributed by atoms with E-state index in [1.165, 1.54) is 30.4 Å². The number of nitrogens with zero attached hydrogens (tertiary/aromatic N) is 5. The number of aromatic nitrogens is 3. The molecule has 0 bridgehead atoms. The van der Waals surface area contributed by atoms with Crippen molar-refractivity contribution in [3.8, 4) is 6.07 Å². The minimum absolute atomic E-state index is 0.00397. The van der Waals surface area contributed by atoms with Gasteiger partial charge in [0.05, 0.1) is 27.5 Å². The van der Waals surface area contributed by atoms with Crippen LogP contribution in [0.25, 0.3) is 11.0 Å². The van der Waals surface area contributed by atoms with Gasteiger partial charge < -0.3 is 16.2 Å². The fourth-order valence-electron chi connectivity index (χ4n) is 4.22. The molecule has 3 heterocycles. The van der Waals surface area contributed by atoms with Crippen LogP contribution in [0.4, 0.5) is 20.3 Å². The quantitative estimate of drug-likeness (QED) is 0.508. The first-order valence-corrected chi connectivity index (χ1v) is 11.3. The van der Waals surface area contributed by atoms with Crippen LogP contribution in [0.3, 0.4) is 0 Å². The monoisotopic (exact) mass is 483 g/mol. The molecule has 0 aliphatic carbocycles. The molecule has 11 heteroatoms. The molecule has 0 saturated heterocycles. The summed E-state index contributed by atoms with van der Waals surface area (Å²) >= 11 is 1.22. The molecule has 4 N–H and O–H groups in total. The minimum Gasteiger partial charge on any atom is -0.392 e. The second-order valence-corrected chi connectivity index (χ2v) is 10.2. The van der Waals surface area contributed by atoms with Gasteiger partial charge in [-0.3, -0.25) is 4.99 Å². The minimum atomic E-state index is -1.25. The smallest absolute Gasteiger partial charge is 0.164 e. The van der Waals surface area contributed by atoms with Crippen molar-refractivity contribution in [3.05, 3.63) is 53.5 Å². The maximum Gasteiger partial charge on any atom is 0.164 e. The van der Waals surface area contributed by atoms with Crippen molar-refractivity contribution >= 4 is 39.5 Å². The van der Waals surface area contributed by atoms with Crippen LogP contribution in [0.15, 0.2) is 35.7 Å². The van der Waals surface area contributed by atoms with Gasteiger partial charge in [-0.2, -0.15) is 5.26 Å². The lowest BCUT2D eigenvalue weighted by molar-refractivity contribution is 0.0967. The number of thioether (sulfide) groups is 1. The zero-order chi connectivity index (χ0) is 24.8. The number of fused-ring (bicyclic) bond motifs is 1. The molecule has 34 heavy (non-hydrogen) atoms. The van der Waals surface area contributed by atoms with Crippen molar-refractivity contribution in [2.24, 2.45) is 16.6 Å². The molecule has 4 atom stereocenters. The summed E-state index contributed by atoms with van der Waals surface area (Å²) in [5, 5.41) is 22.7. The molecule has 1 aliphatic rings. The molecule has 0 spiro atoms. The van der Waals surface area contributed by atoms with E-state index in [-0.39, 0.29) is 22.2 Å². The molecule has 1 unspecified atom stereocenters. The Morgan fingerprint density at radius 3 is 2.65 bits per heavy atom. The van der Waals surface area contributed by atoms with Crippen LogP contribution in [0.5, 0.6) is 0 Å². The molecule has 176 valence electrons. The number of amidine groups is 1. The number of nitrogens with two attached hydrogens (primary N) is 1. The first-order valence-electron chi connectivity index (χ1n) is 10.5. The van der Waals surface area contributed by atoms with E-state index in [9.17, 15) is 9.50 Å². The Bertz CT molecular complexity index is 1360. The highest BCUT2D eigenvalue weighted by Crippen LogP contribution is 2.52. The highest BCUT2D eigenvalue weighted by atomic mass is 32.2. The van der Waals surface area contributed by atoms with Crippen molar-refractivity contribution in [1.82, 2.24) is 15.0 Å². The highest BCUT2D eigenvalue weighted by molar-refractivity contribution is 8.15. The van der Waals surface area contributed by atoms with E-state index in [2.05, 4.69) is 25.3 Å². The third-order valence-corrected chi connectivity index (χ3v) is 8.08. The summed E-state index contributed by atoms with van der Waals surface area (Å²) in [6.45, 7) is 6.99. The average Bonchev–Trinajstić information content (AvgIpc) is 2.79. The molecule has 0 amide bonds. The lowest BCUT2D eigenvalue weighted by atomic mass is 9.72. The number of halogens is 2. The number of aliphatic imine (C=N–C) groups is 1. The Morgan fingerprint density at radius 1 is 1.24 bits per heavy atom. The Kier molecular flexibility index (Phi) is 5.91. The van der Waals surface area contributed by atoms with Crippen molar-refractivity contribution in [2.45, 2.75) is 44.1 Å². The number of benzene rings is 1. The fourth-order valence-corrected chi connectivity index (χ4v) is 5.49. The molecule has 8 nitrogen and oxygen atoms in total. The van der Waals surface area contributed by atoms with Gasteiger partial charge in [0.15, 0.2) is 22.6 Å². The largest absolute Gasteiger partial charge is 0.392 e. The Labute approximate surface area is 199 Å². The van der Waals surface area contributed by atoms with Crippen molar-refractivity contribution in [2.75, 3.05) is 5.32 Å². The highest BCUT2D eigenvalue weighted by Gasteiger charge is 2.52. The van der Waals surface area contributed by atoms with Crippen LogP contribution in [-0.4, -0.2) is 36.1 Å². The van der Waals surface area contributed by atoms with Gasteiger partial charge >= 0.3 is 0 Å². The average molecular weight is 484 g/mol. The summed E-state index contributed by atoms with van der Waals surface area (Å²) in [7, 11) is 0. The Hall–Kier alpha value is -3.36. The first-order chi connectivity index (χ1) is 16.0. The van der Waals surface area contributed by atoms with Gasteiger partial charge in [0, 0.05) is 29.4 Å². The zero-order valence-corrected chi connectivity index (χ0v) is 19.8. The summed E-state index contributed by atoms with van der Waals surface area (Å²) < 4.78 is 29.2. The molecular formula is C23H23F2N7OS. The van der Waals surface area contributed by atoms with Crippen molar-refractivity contribution < 1.29 is 13.9 Å². The molecule has 0 fully saturated rings. The topological polar surface area (TPSA) is 133 Å². The summed E-state index contributed by atoms with van der Waals surface area (Å²) in [5.41, 5.74) is 6.17. The zero-order valence-electron chi connectivity index (χ0n) is 19.0. The molecule has 4 rings (SSSR count). The van der Waals surface area contributed by atoms with Gasteiger partial charge in [-0.1, -0.05) is 18.7 Å². The van der Waals surface area contributed by atoms with Crippen molar-refractivity contribution in [1.29, 1.82) is 5.26 Å². The van der Waals surface area contributed by atoms with Gasteiger partial charge in [0.25, 0.3) is 0 Å². The maximum atomic E-state index is 15.2. The van der Waals surface area contributed by atoms with Crippen LogP contribution in [-0.2, 0) is 5.54 Å². The molecule has 0 saturated carbocycles. The molecular weight excluding hydrogens is 460 g/mol.